The van der Waals surface area contributed by atoms with E-state index in [0.717, 1.165) is 25.3 Å². The van der Waals surface area contributed by atoms with Crippen molar-refractivity contribution >= 4 is 24.1 Å². The summed E-state index contributed by atoms with van der Waals surface area (Å²) in [5.74, 6) is -0.484. The third-order valence-electron chi connectivity index (χ3n) is 3.71. The van der Waals surface area contributed by atoms with Gasteiger partial charge in [-0.3, -0.25) is 9.59 Å². The largest absolute Gasteiger partial charge is 0.271 e. The molecule has 0 aliphatic carbocycles. The van der Waals surface area contributed by atoms with Crippen LogP contribution in [0.25, 0.3) is 6.08 Å². The number of carbonyl (C=O) groups excluding carboxylic acids is 2. The van der Waals surface area contributed by atoms with E-state index in [0.29, 0.717) is 17.0 Å². The molecule has 7 nitrogen and oxygen atoms in total. The highest BCUT2D eigenvalue weighted by atomic mass is 16.3. The van der Waals surface area contributed by atoms with Gasteiger partial charge in [0.05, 0.1) is 5.29 Å². The summed E-state index contributed by atoms with van der Waals surface area (Å²) in [6, 6.07) is 6.69. The minimum atomic E-state index is -0.636. The van der Waals surface area contributed by atoms with Gasteiger partial charge in [0.1, 0.15) is 0 Å². The first-order valence-corrected chi connectivity index (χ1v) is 8.78. The van der Waals surface area contributed by atoms with E-state index >= 15 is 0 Å². The van der Waals surface area contributed by atoms with Gasteiger partial charge in [0, 0.05) is 17.9 Å². The number of benzene rings is 1. The molecule has 0 fully saturated rings. The van der Waals surface area contributed by atoms with Crippen molar-refractivity contribution in [3.8, 4) is 0 Å². The van der Waals surface area contributed by atoms with Gasteiger partial charge < -0.3 is 0 Å². The van der Waals surface area contributed by atoms with E-state index in [1.807, 2.05) is 0 Å². The predicted octanol–water partition coefficient (Wildman–Crippen LogP) is 3.99. The van der Waals surface area contributed by atoms with Crippen LogP contribution in [0, 0.1) is 10.8 Å². The van der Waals surface area contributed by atoms with Crippen LogP contribution in [0.2, 0.25) is 0 Å². The van der Waals surface area contributed by atoms with Crippen molar-refractivity contribution in [1.82, 2.24) is 10.9 Å². The molecule has 144 valence electrons. The molecule has 0 aromatic heterocycles. The molecule has 2 amide bonds. The van der Waals surface area contributed by atoms with Gasteiger partial charge in [0.15, 0.2) is 0 Å². The zero-order chi connectivity index (χ0) is 20.1. The highest BCUT2D eigenvalue weighted by molar-refractivity contribution is 5.95. The number of amides is 2. The third-order valence-corrected chi connectivity index (χ3v) is 3.71. The molecule has 1 aromatic rings. The van der Waals surface area contributed by atoms with E-state index in [9.17, 15) is 14.5 Å². The molecular weight excluding hydrogens is 344 g/mol. The summed E-state index contributed by atoms with van der Waals surface area (Å²) >= 11 is 0. The fraction of sp³-hybridized carbons (Fsp3) is 0.350. The first-order chi connectivity index (χ1) is 12.9. The third kappa shape index (κ3) is 9.84. The maximum absolute atomic E-state index is 12.1. The summed E-state index contributed by atoms with van der Waals surface area (Å²) in [6.07, 6.45) is 9.49. The molecule has 0 saturated heterocycles. The van der Waals surface area contributed by atoms with Gasteiger partial charge in [-0.25, -0.2) is 10.9 Å². The second kappa shape index (κ2) is 12.3. The number of nitrogens with zero attached hydrogens (tertiary/aromatic N) is 2. The van der Waals surface area contributed by atoms with Crippen LogP contribution in [0.4, 0.5) is 0 Å². The van der Waals surface area contributed by atoms with Crippen molar-refractivity contribution in [2.75, 3.05) is 0 Å². The lowest BCUT2D eigenvalue weighted by Gasteiger charge is -2.06. The Morgan fingerprint density at radius 2 is 2.00 bits per heavy atom. The number of nitroso groups, excluding NO2 is 1. The number of hydrogen-bond donors (Lipinski definition) is 2. The highest BCUT2D eigenvalue weighted by Crippen LogP contribution is 2.10. The monoisotopic (exact) mass is 370 g/mol. The van der Waals surface area contributed by atoms with Crippen LogP contribution in [-0.4, -0.2) is 18.0 Å². The molecule has 0 bridgehead atoms. The van der Waals surface area contributed by atoms with Gasteiger partial charge in [0.25, 0.3) is 11.8 Å². The SMILES string of the molecule is CC(C)=CCC[C@@H](C)C/C=N/NC(=O)c1cccc(/C=C/C(=O)NN=O)c1. The van der Waals surface area contributed by atoms with Crippen molar-refractivity contribution in [1.29, 1.82) is 0 Å². The fourth-order valence-corrected chi connectivity index (χ4v) is 2.21. The summed E-state index contributed by atoms with van der Waals surface area (Å²) in [5.41, 5.74) is 6.63. The van der Waals surface area contributed by atoms with Crippen LogP contribution in [0.3, 0.4) is 0 Å². The number of nitrogens with one attached hydrogen (secondary N) is 2. The summed E-state index contributed by atoms with van der Waals surface area (Å²) in [4.78, 5) is 33.2. The van der Waals surface area contributed by atoms with Crippen molar-refractivity contribution in [3.63, 3.8) is 0 Å². The number of rotatable bonds is 10. The quantitative estimate of drug-likeness (QED) is 0.214. The van der Waals surface area contributed by atoms with Crippen LogP contribution in [0.1, 0.15) is 56.0 Å². The Balaban J connectivity index is 2.50. The Kier molecular flexibility index (Phi) is 10.00. The van der Waals surface area contributed by atoms with Crippen LogP contribution in [-0.2, 0) is 4.79 Å². The van der Waals surface area contributed by atoms with Gasteiger partial charge >= 0.3 is 0 Å². The van der Waals surface area contributed by atoms with E-state index in [-0.39, 0.29) is 5.91 Å². The smallest absolute Gasteiger partial charge is 0.268 e. The van der Waals surface area contributed by atoms with E-state index in [1.165, 1.54) is 11.6 Å². The minimum Gasteiger partial charge on any atom is -0.268 e. The van der Waals surface area contributed by atoms with Gasteiger partial charge in [-0.2, -0.15) is 5.10 Å². The lowest BCUT2D eigenvalue weighted by molar-refractivity contribution is -0.116. The number of hydrazone groups is 1. The molecule has 0 unspecified atom stereocenters. The summed E-state index contributed by atoms with van der Waals surface area (Å²) < 4.78 is 0. The molecule has 2 N–H and O–H groups in total. The molecule has 1 rings (SSSR count). The second-order valence-corrected chi connectivity index (χ2v) is 6.48. The molecule has 1 atom stereocenters. The molecule has 0 spiro atoms. The average Bonchev–Trinajstić information content (AvgIpc) is 2.63. The molecule has 0 saturated carbocycles. The lowest BCUT2D eigenvalue weighted by atomic mass is 10.0. The molecular formula is C20H26N4O3. The minimum absolute atomic E-state index is 0.335. The van der Waals surface area contributed by atoms with E-state index < -0.39 is 5.91 Å². The Morgan fingerprint density at radius 3 is 2.70 bits per heavy atom. The molecule has 1 aromatic carbocycles. The molecule has 27 heavy (non-hydrogen) atoms. The standard InChI is InChI=1S/C20H26N4O3/c1-15(2)6-4-7-16(3)12-13-21-23-20(26)18-9-5-8-17(14-18)10-11-19(25)22-24-27/h5-6,8-11,13-14,16H,4,7,12H2,1-3H3,(H,23,26)(H,22,25,27)/b11-10+,21-13+/t16-/m1/s1. The number of hydrogen-bond acceptors (Lipinski definition) is 5. The first-order valence-electron chi connectivity index (χ1n) is 8.78. The number of carbonyl (C=O) groups is 2. The van der Waals surface area contributed by atoms with Crippen molar-refractivity contribution < 1.29 is 9.59 Å². The van der Waals surface area contributed by atoms with Crippen LogP contribution in [0.15, 0.2) is 52.4 Å². The Morgan fingerprint density at radius 1 is 1.22 bits per heavy atom. The Hall–Kier alpha value is -3.09. The fourth-order valence-electron chi connectivity index (χ4n) is 2.21. The lowest BCUT2D eigenvalue weighted by Crippen LogP contribution is -2.17. The number of allylic oxidation sites excluding steroid dienone is 2. The van der Waals surface area contributed by atoms with Gasteiger partial charge in [-0.1, -0.05) is 30.7 Å². The van der Waals surface area contributed by atoms with Gasteiger partial charge in [-0.15, -0.1) is 4.91 Å². The normalized spacial score (nSPS) is 12.0. The van der Waals surface area contributed by atoms with E-state index in [4.69, 9.17) is 0 Å². The van der Waals surface area contributed by atoms with E-state index in [2.05, 4.69) is 42.7 Å². The Labute approximate surface area is 159 Å². The second-order valence-electron chi connectivity index (χ2n) is 6.48. The zero-order valence-electron chi connectivity index (χ0n) is 15.9. The van der Waals surface area contributed by atoms with Crippen molar-refractivity contribution in [3.05, 3.63) is 58.0 Å². The van der Waals surface area contributed by atoms with Crippen LogP contribution >= 0.6 is 0 Å². The summed E-state index contributed by atoms with van der Waals surface area (Å²) in [7, 11) is 0. The van der Waals surface area contributed by atoms with E-state index in [1.54, 1.807) is 35.9 Å². The van der Waals surface area contributed by atoms with Gasteiger partial charge in [-0.05, 0) is 62.8 Å². The molecule has 0 aliphatic rings. The van der Waals surface area contributed by atoms with Crippen LogP contribution < -0.4 is 10.9 Å². The van der Waals surface area contributed by atoms with Crippen molar-refractivity contribution in [2.45, 2.75) is 40.0 Å². The molecule has 0 radical (unpaired) electrons. The van der Waals surface area contributed by atoms with Crippen LogP contribution in [0.5, 0.6) is 0 Å². The summed E-state index contributed by atoms with van der Waals surface area (Å²) in [6.45, 7) is 6.33. The topological polar surface area (TPSA) is 100.0 Å². The zero-order valence-corrected chi connectivity index (χ0v) is 15.9. The highest BCUT2D eigenvalue weighted by Gasteiger charge is 2.05. The maximum atomic E-state index is 12.1. The molecule has 0 aliphatic heterocycles. The molecule has 7 heteroatoms. The predicted molar refractivity (Wildman–Crippen MR) is 108 cm³/mol. The average molecular weight is 370 g/mol. The van der Waals surface area contributed by atoms with Gasteiger partial charge in [0.2, 0.25) is 0 Å². The maximum Gasteiger partial charge on any atom is 0.271 e. The first kappa shape index (κ1) is 22.0. The van der Waals surface area contributed by atoms with Crippen molar-refractivity contribution in [2.24, 2.45) is 16.3 Å². The molecule has 0 heterocycles. The summed E-state index contributed by atoms with van der Waals surface area (Å²) in [5, 5.41) is 6.28. The Bertz CT molecular complexity index is 734.